The Kier molecular flexibility index (Phi) is 4.12. The van der Waals surface area contributed by atoms with Gasteiger partial charge in [0.1, 0.15) is 0 Å². The van der Waals surface area contributed by atoms with E-state index in [1.165, 1.54) is 28.8 Å². The first-order chi connectivity index (χ1) is 12.1. The van der Waals surface area contributed by atoms with Crippen molar-refractivity contribution in [2.45, 2.75) is 32.7 Å². The van der Waals surface area contributed by atoms with Gasteiger partial charge in [0.15, 0.2) is 0 Å². The molecule has 0 unspecified atom stereocenters. The molecule has 4 nitrogen and oxygen atoms in total. The summed E-state index contributed by atoms with van der Waals surface area (Å²) in [4.78, 5) is 16.9. The smallest absolute Gasteiger partial charge is 0.321 e. The SMILES string of the molecule is Cc1cc(C)cc(NC(=O)N2CC(N3CCCc4ccccc43)C2)c1. The van der Waals surface area contributed by atoms with Gasteiger partial charge in [0, 0.05) is 31.0 Å². The van der Waals surface area contributed by atoms with E-state index in [2.05, 4.69) is 54.4 Å². The standard InChI is InChI=1S/C21H25N3O/c1-15-10-16(2)12-18(11-15)22-21(25)23-13-19(14-23)24-9-5-7-17-6-3-4-8-20(17)24/h3-4,6,8,10-12,19H,5,7,9,13-14H2,1-2H3,(H,22,25). The third kappa shape index (κ3) is 3.21. The maximum atomic E-state index is 12.5. The highest BCUT2D eigenvalue weighted by Crippen LogP contribution is 2.31. The topological polar surface area (TPSA) is 35.6 Å². The molecule has 2 aromatic carbocycles. The Morgan fingerprint density at radius 3 is 2.56 bits per heavy atom. The van der Waals surface area contributed by atoms with Gasteiger partial charge in [0.25, 0.3) is 0 Å². The number of fused-ring (bicyclic) bond motifs is 1. The fraction of sp³-hybridized carbons (Fsp3) is 0.381. The molecule has 2 aromatic rings. The summed E-state index contributed by atoms with van der Waals surface area (Å²) >= 11 is 0. The van der Waals surface area contributed by atoms with Crippen LogP contribution in [0.3, 0.4) is 0 Å². The maximum absolute atomic E-state index is 12.5. The summed E-state index contributed by atoms with van der Waals surface area (Å²) in [7, 11) is 0. The number of nitrogens with one attached hydrogen (secondary N) is 1. The number of hydrogen-bond acceptors (Lipinski definition) is 2. The van der Waals surface area contributed by atoms with Crippen molar-refractivity contribution in [3.63, 3.8) is 0 Å². The molecule has 1 fully saturated rings. The van der Waals surface area contributed by atoms with Gasteiger partial charge in [-0.15, -0.1) is 0 Å². The highest BCUT2D eigenvalue weighted by Gasteiger charge is 2.36. The Bertz CT molecular complexity index is 775. The van der Waals surface area contributed by atoms with Crippen LogP contribution in [0.25, 0.3) is 0 Å². The molecule has 130 valence electrons. The van der Waals surface area contributed by atoms with Crippen molar-refractivity contribution in [2.75, 3.05) is 29.9 Å². The van der Waals surface area contributed by atoms with Crippen molar-refractivity contribution in [2.24, 2.45) is 0 Å². The van der Waals surface area contributed by atoms with E-state index in [0.29, 0.717) is 6.04 Å². The monoisotopic (exact) mass is 335 g/mol. The van der Waals surface area contributed by atoms with Crippen LogP contribution in [0.15, 0.2) is 42.5 Å². The van der Waals surface area contributed by atoms with E-state index in [1.54, 1.807) is 0 Å². The number of amides is 2. The number of urea groups is 1. The lowest BCUT2D eigenvalue weighted by Crippen LogP contribution is -2.62. The lowest BCUT2D eigenvalue weighted by atomic mass is 9.97. The number of anilines is 2. The Hall–Kier alpha value is -2.49. The van der Waals surface area contributed by atoms with Crippen LogP contribution in [0.1, 0.15) is 23.1 Å². The minimum absolute atomic E-state index is 0.00606. The number of nitrogens with zero attached hydrogens (tertiary/aromatic N) is 2. The zero-order chi connectivity index (χ0) is 17.4. The molecule has 25 heavy (non-hydrogen) atoms. The summed E-state index contributed by atoms with van der Waals surface area (Å²) in [6.07, 6.45) is 2.36. The molecule has 0 aromatic heterocycles. The minimum Gasteiger partial charge on any atom is -0.365 e. The molecule has 2 amide bonds. The Morgan fingerprint density at radius 1 is 1.08 bits per heavy atom. The number of aryl methyl sites for hydroxylation is 3. The van der Waals surface area contributed by atoms with E-state index >= 15 is 0 Å². The predicted octanol–water partition coefficient (Wildman–Crippen LogP) is 3.97. The summed E-state index contributed by atoms with van der Waals surface area (Å²) in [5.74, 6) is 0. The van der Waals surface area contributed by atoms with Crippen molar-refractivity contribution in [3.05, 3.63) is 59.2 Å². The Balaban J connectivity index is 1.38. The minimum atomic E-state index is 0.00606. The second-order valence-electron chi connectivity index (χ2n) is 7.29. The number of para-hydroxylation sites is 1. The average molecular weight is 335 g/mol. The first kappa shape index (κ1) is 16.0. The van der Waals surface area contributed by atoms with Gasteiger partial charge in [-0.2, -0.15) is 0 Å². The highest BCUT2D eigenvalue weighted by atomic mass is 16.2. The second-order valence-corrected chi connectivity index (χ2v) is 7.29. The van der Waals surface area contributed by atoms with E-state index in [-0.39, 0.29) is 6.03 Å². The van der Waals surface area contributed by atoms with Crippen LogP contribution in [0.4, 0.5) is 16.2 Å². The van der Waals surface area contributed by atoms with Crippen molar-refractivity contribution in [1.82, 2.24) is 4.90 Å². The zero-order valence-corrected chi connectivity index (χ0v) is 15.0. The molecule has 0 bridgehead atoms. The van der Waals surface area contributed by atoms with Crippen molar-refractivity contribution in [1.29, 1.82) is 0 Å². The second kappa shape index (κ2) is 6.43. The van der Waals surface area contributed by atoms with Crippen LogP contribution in [0.5, 0.6) is 0 Å². The first-order valence-corrected chi connectivity index (χ1v) is 9.09. The first-order valence-electron chi connectivity index (χ1n) is 9.09. The quantitative estimate of drug-likeness (QED) is 0.901. The number of benzene rings is 2. The van der Waals surface area contributed by atoms with Crippen LogP contribution in [-0.2, 0) is 6.42 Å². The molecule has 4 rings (SSSR count). The molecule has 0 aliphatic carbocycles. The van der Waals surface area contributed by atoms with Crippen molar-refractivity contribution >= 4 is 17.4 Å². The number of carbonyl (C=O) groups is 1. The molecule has 4 heteroatoms. The number of hydrogen-bond donors (Lipinski definition) is 1. The van der Waals surface area contributed by atoms with E-state index in [1.807, 2.05) is 17.0 Å². The van der Waals surface area contributed by atoms with Gasteiger partial charge in [-0.1, -0.05) is 24.3 Å². The zero-order valence-electron chi connectivity index (χ0n) is 15.0. The molecule has 0 radical (unpaired) electrons. The van der Waals surface area contributed by atoms with Gasteiger partial charge >= 0.3 is 6.03 Å². The highest BCUT2D eigenvalue weighted by molar-refractivity contribution is 5.90. The fourth-order valence-corrected chi connectivity index (χ4v) is 4.01. The van der Waals surface area contributed by atoms with Crippen LogP contribution in [-0.4, -0.2) is 36.6 Å². The van der Waals surface area contributed by atoms with Gasteiger partial charge in [-0.25, -0.2) is 4.79 Å². The average Bonchev–Trinajstić information content (AvgIpc) is 2.52. The summed E-state index contributed by atoms with van der Waals surface area (Å²) in [6.45, 7) is 6.79. The van der Waals surface area contributed by atoms with Gasteiger partial charge in [0.2, 0.25) is 0 Å². The molecule has 2 aliphatic heterocycles. The summed E-state index contributed by atoms with van der Waals surface area (Å²) in [6, 6.07) is 15.3. The number of carbonyl (C=O) groups excluding carboxylic acids is 1. The molecule has 1 saturated heterocycles. The maximum Gasteiger partial charge on any atom is 0.321 e. The van der Waals surface area contributed by atoms with E-state index in [4.69, 9.17) is 0 Å². The Labute approximate surface area is 149 Å². The normalized spacial score (nSPS) is 17.0. The van der Waals surface area contributed by atoms with Crippen molar-refractivity contribution in [3.8, 4) is 0 Å². The van der Waals surface area contributed by atoms with Gasteiger partial charge in [0.05, 0.1) is 6.04 Å². The molecule has 2 aliphatic rings. The summed E-state index contributed by atoms with van der Waals surface area (Å²) in [5, 5.41) is 3.04. The van der Waals surface area contributed by atoms with E-state index in [0.717, 1.165) is 31.7 Å². The van der Waals surface area contributed by atoms with Crippen LogP contribution in [0.2, 0.25) is 0 Å². The molecular formula is C21H25N3O. The van der Waals surface area contributed by atoms with E-state index in [9.17, 15) is 4.79 Å². The molecule has 0 atom stereocenters. The lowest BCUT2D eigenvalue weighted by molar-refractivity contribution is 0.160. The molecule has 0 saturated carbocycles. The van der Waals surface area contributed by atoms with Gasteiger partial charge in [-0.05, 0) is 61.6 Å². The molecule has 2 heterocycles. The largest absolute Gasteiger partial charge is 0.365 e. The van der Waals surface area contributed by atoms with Gasteiger partial charge in [-0.3, -0.25) is 0 Å². The van der Waals surface area contributed by atoms with Gasteiger partial charge < -0.3 is 15.1 Å². The number of likely N-dealkylation sites (tertiary alicyclic amines) is 1. The van der Waals surface area contributed by atoms with Crippen LogP contribution >= 0.6 is 0 Å². The van der Waals surface area contributed by atoms with Crippen LogP contribution in [0, 0.1) is 13.8 Å². The molecular weight excluding hydrogens is 310 g/mol. The molecule has 1 N–H and O–H groups in total. The van der Waals surface area contributed by atoms with Crippen LogP contribution < -0.4 is 10.2 Å². The fourth-order valence-electron chi connectivity index (χ4n) is 4.01. The predicted molar refractivity (Wildman–Crippen MR) is 102 cm³/mol. The third-order valence-corrected chi connectivity index (χ3v) is 5.21. The van der Waals surface area contributed by atoms with Crippen molar-refractivity contribution < 1.29 is 4.79 Å². The lowest BCUT2D eigenvalue weighted by Gasteiger charge is -2.48. The summed E-state index contributed by atoms with van der Waals surface area (Å²) < 4.78 is 0. The summed E-state index contributed by atoms with van der Waals surface area (Å²) in [5.41, 5.74) is 6.01. The molecule has 0 spiro atoms. The third-order valence-electron chi connectivity index (χ3n) is 5.21. The Morgan fingerprint density at radius 2 is 1.80 bits per heavy atom. The van der Waals surface area contributed by atoms with E-state index < -0.39 is 0 Å². The number of rotatable bonds is 2.